The molecule has 2 aliphatic heterocycles. The molecule has 13 heteroatoms. The Morgan fingerprint density at radius 2 is 2.02 bits per heavy atom. The number of fused-ring (bicyclic) bond motifs is 3. The van der Waals surface area contributed by atoms with Gasteiger partial charge in [0, 0.05) is 63.4 Å². The predicted molar refractivity (Wildman–Crippen MR) is 160 cm³/mol. The lowest BCUT2D eigenvalue weighted by atomic mass is 9.95. The summed E-state index contributed by atoms with van der Waals surface area (Å²) < 4.78 is 30.5. The van der Waals surface area contributed by atoms with E-state index in [-0.39, 0.29) is 35.7 Å². The molecule has 0 aliphatic carbocycles. The van der Waals surface area contributed by atoms with E-state index in [2.05, 4.69) is 48.2 Å². The van der Waals surface area contributed by atoms with Gasteiger partial charge in [0.05, 0.1) is 23.5 Å². The first-order chi connectivity index (χ1) is 19.4. The van der Waals surface area contributed by atoms with Gasteiger partial charge in [-0.25, -0.2) is 23.7 Å². The number of carbonyl (C=O) groups is 1. The van der Waals surface area contributed by atoms with Crippen LogP contribution in [0.25, 0.3) is 11.3 Å². The summed E-state index contributed by atoms with van der Waals surface area (Å²) in [6.45, 7) is 2.13. The van der Waals surface area contributed by atoms with Gasteiger partial charge >= 0.3 is 0 Å². The van der Waals surface area contributed by atoms with Gasteiger partial charge in [-0.05, 0) is 24.3 Å². The molecule has 2 aliphatic rings. The molecule has 1 saturated heterocycles. The second-order valence-electron chi connectivity index (χ2n) is 9.24. The molecule has 0 saturated carbocycles. The van der Waals surface area contributed by atoms with Gasteiger partial charge in [-0.1, -0.05) is 46.3 Å². The van der Waals surface area contributed by atoms with E-state index in [1.165, 1.54) is 29.5 Å². The van der Waals surface area contributed by atoms with Crippen LogP contribution in [0.1, 0.15) is 27.2 Å². The highest BCUT2D eigenvalue weighted by atomic mass is 127. The predicted octanol–water partition coefficient (Wildman–Crippen LogP) is 5.48. The number of nitrogens with zero attached hydrogens (tertiary/aromatic N) is 5. The number of aliphatic imine (C=N–C) groups is 1. The lowest BCUT2D eigenvalue weighted by molar-refractivity contribution is 0.0706. The number of benzene rings is 2. The third-order valence-corrected chi connectivity index (χ3v) is 8.69. The second-order valence-corrected chi connectivity index (χ2v) is 11.4. The highest BCUT2D eigenvalue weighted by Gasteiger charge is 2.27. The Hall–Kier alpha value is -3.07. The molecule has 2 aromatic carbocycles. The van der Waals surface area contributed by atoms with Crippen LogP contribution in [0.15, 0.2) is 53.0 Å². The zero-order valence-electron chi connectivity index (χ0n) is 20.8. The van der Waals surface area contributed by atoms with Crippen LogP contribution < -0.4 is 10.6 Å². The van der Waals surface area contributed by atoms with E-state index in [1.54, 1.807) is 29.8 Å². The molecule has 4 heterocycles. The minimum Gasteiger partial charge on any atom is -0.334 e. The van der Waals surface area contributed by atoms with Gasteiger partial charge in [-0.15, -0.1) is 11.3 Å². The smallest absolute Gasteiger partial charge is 0.273 e. The molecule has 40 heavy (non-hydrogen) atoms. The van der Waals surface area contributed by atoms with Crippen LogP contribution in [0.4, 0.5) is 19.9 Å². The SMILES string of the molecule is O=C(c1csc(Nc2ncc3c(n2)-c2ccc(Cl)cc2C(c2c(F)cccc2F)=NC3)n1)N1CCNC(CI)C1. The summed E-state index contributed by atoms with van der Waals surface area (Å²) >= 11 is 9.89. The van der Waals surface area contributed by atoms with Gasteiger partial charge in [-0.2, -0.15) is 0 Å². The van der Waals surface area contributed by atoms with Crippen molar-refractivity contribution in [3.05, 3.63) is 87.0 Å². The number of piperazine rings is 1. The number of halogens is 4. The second kappa shape index (κ2) is 11.4. The van der Waals surface area contributed by atoms with Gasteiger partial charge in [0.15, 0.2) is 5.13 Å². The van der Waals surface area contributed by atoms with Crippen molar-refractivity contribution in [1.82, 2.24) is 25.2 Å². The standard InChI is InChI=1S/C27H21ClF2IN7OS/c28-15-4-5-17-18(8-15)24(22-19(29)2-1-3-20(22)30)33-10-14-11-34-26(36-23(14)17)37-27-35-21(13-40-27)25(39)38-7-6-32-16(9-31)12-38/h1-5,8,11,13,16,32H,6-7,9-10,12H2,(H,34,35,36,37). The Bertz CT molecular complexity index is 1630. The first-order valence-corrected chi connectivity index (χ1v) is 15.2. The minimum absolute atomic E-state index is 0.112. The normalized spacial score (nSPS) is 16.6. The number of thiazole rings is 1. The molecule has 2 N–H and O–H groups in total. The molecule has 0 spiro atoms. The van der Waals surface area contributed by atoms with Gasteiger partial charge in [0.2, 0.25) is 5.95 Å². The molecular formula is C27H21ClF2IN7OS. The molecule has 4 aromatic rings. The maximum Gasteiger partial charge on any atom is 0.273 e. The van der Waals surface area contributed by atoms with E-state index >= 15 is 0 Å². The van der Waals surface area contributed by atoms with Crippen LogP contribution in [0, 0.1) is 11.6 Å². The Kier molecular flexibility index (Phi) is 7.75. The van der Waals surface area contributed by atoms with E-state index in [1.807, 2.05) is 4.90 Å². The zero-order chi connectivity index (χ0) is 27.8. The maximum absolute atomic E-state index is 14.8. The third kappa shape index (κ3) is 5.32. The summed E-state index contributed by atoms with van der Waals surface area (Å²) in [4.78, 5) is 33.0. The first kappa shape index (κ1) is 27.1. The highest BCUT2D eigenvalue weighted by Crippen LogP contribution is 2.35. The fraction of sp³-hybridized carbons (Fsp3) is 0.222. The number of hydrogen-bond donors (Lipinski definition) is 2. The van der Waals surface area contributed by atoms with E-state index in [0.717, 1.165) is 11.0 Å². The van der Waals surface area contributed by atoms with Gasteiger partial charge in [-0.3, -0.25) is 9.79 Å². The van der Waals surface area contributed by atoms with Crippen molar-refractivity contribution in [1.29, 1.82) is 0 Å². The third-order valence-electron chi connectivity index (χ3n) is 6.63. The Morgan fingerprint density at radius 3 is 2.83 bits per heavy atom. The number of amides is 1. The molecule has 0 bridgehead atoms. The Balaban J connectivity index is 1.30. The summed E-state index contributed by atoms with van der Waals surface area (Å²) in [5.41, 5.74) is 2.60. The molecule has 204 valence electrons. The molecule has 6 rings (SSSR count). The first-order valence-electron chi connectivity index (χ1n) is 12.4. The number of hydrogen-bond acceptors (Lipinski definition) is 8. The Morgan fingerprint density at radius 1 is 1.20 bits per heavy atom. The fourth-order valence-corrected chi connectivity index (χ4v) is 6.16. The molecule has 1 amide bonds. The molecule has 1 atom stereocenters. The molecular weight excluding hydrogens is 671 g/mol. The van der Waals surface area contributed by atoms with E-state index in [9.17, 15) is 13.6 Å². The summed E-state index contributed by atoms with van der Waals surface area (Å²) in [5.74, 6) is -1.28. The van der Waals surface area contributed by atoms with Crippen molar-refractivity contribution < 1.29 is 13.6 Å². The number of nitrogens with one attached hydrogen (secondary N) is 2. The van der Waals surface area contributed by atoms with Crippen molar-refractivity contribution in [2.24, 2.45) is 4.99 Å². The van der Waals surface area contributed by atoms with Crippen LogP contribution in [-0.4, -0.2) is 61.6 Å². The highest BCUT2D eigenvalue weighted by molar-refractivity contribution is 14.1. The van der Waals surface area contributed by atoms with Crippen LogP contribution in [0.5, 0.6) is 0 Å². The lowest BCUT2D eigenvalue weighted by Crippen LogP contribution is -2.53. The van der Waals surface area contributed by atoms with Gasteiger partial charge in [0.1, 0.15) is 17.3 Å². The van der Waals surface area contributed by atoms with Gasteiger partial charge < -0.3 is 15.5 Å². The molecule has 0 radical (unpaired) electrons. The van der Waals surface area contributed by atoms with Crippen molar-refractivity contribution in [2.45, 2.75) is 12.6 Å². The summed E-state index contributed by atoms with van der Waals surface area (Å²) in [5, 5.41) is 9.08. The number of aromatic nitrogens is 3. The molecule has 8 nitrogen and oxygen atoms in total. The van der Waals surface area contributed by atoms with E-state index in [0.29, 0.717) is 51.3 Å². The Labute approximate surface area is 251 Å². The largest absolute Gasteiger partial charge is 0.334 e. The number of alkyl halides is 1. The maximum atomic E-state index is 14.8. The molecule has 2 aromatic heterocycles. The minimum atomic E-state index is -0.719. The number of anilines is 2. The number of carbonyl (C=O) groups excluding carboxylic acids is 1. The summed E-state index contributed by atoms with van der Waals surface area (Å²) in [7, 11) is 0. The van der Waals surface area contributed by atoms with E-state index in [4.69, 9.17) is 16.6 Å². The van der Waals surface area contributed by atoms with Gasteiger partial charge in [0.25, 0.3) is 5.91 Å². The van der Waals surface area contributed by atoms with E-state index < -0.39 is 11.6 Å². The summed E-state index contributed by atoms with van der Waals surface area (Å²) in [6.07, 6.45) is 1.62. The van der Waals surface area contributed by atoms with Crippen molar-refractivity contribution in [2.75, 3.05) is 29.4 Å². The number of rotatable bonds is 5. The van der Waals surface area contributed by atoms with Crippen LogP contribution in [0.2, 0.25) is 5.02 Å². The molecule has 1 fully saturated rings. The lowest BCUT2D eigenvalue weighted by Gasteiger charge is -2.32. The average molecular weight is 692 g/mol. The zero-order valence-corrected chi connectivity index (χ0v) is 24.5. The van der Waals surface area contributed by atoms with Crippen LogP contribution >= 0.6 is 45.5 Å². The topological polar surface area (TPSA) is 95.4 Å². The monoisotopic (exact) mass is 691 g/mol. The van der Waals surface area contributed by atoms with Crippen LogP contribution in [-0.2, 0) is 6.54 Å². The quantitative estimate of drug-likeness (QED) is 0.213. The van der Waals surface area contributed by atoms with Crippen molar-refractivity contribution in [3.8, 4) is 11.3 Å². The van der Waals surface area contributed by atoms with Crippen LogP contribution in [0.3, 0.4) is 0 Å². The molecule has 1 unspecified atom stereocenters. The summed E-state index contributed by atoms with van der Waals surface area (Å²) in [6, 6.07) is 9.04. The average Bonchev–Trinajstić information content (AvgIpc) is 3.37. The van der Waals surface area contributed by atoms with Crippen molar-refractivity contribution in [3.63, 3.8) is 0 Å². The fourth-order valence-electron chi connectivity index (χ4n) is 4.72. The van der Waals surface area contributed by atoms with Crippen molar-refractivity contribution >= 4 is 68.2 Å².